The molecule has 0 aliphatic rings. The van der Waals surface area contributed by atoms with Crippen LogP contribution in [0.2, 0.25) is 0 Å². The largest absolute Gasteiger partial charge is 0.298 e. The molecule has 136 valence electrons. The number of carbonyl (C=O) groups is 1. The first-order valence-corrected chi connectivity index (χ1v) is 10.3. The summed E-state index contributed by atoms with van der Waals surface area (Å²) in [7, 11) is -3.61. The molecular formula is C17H23N3O3S2. The number of aryl methyl sites for hydroxylation is 3. The molecule has 0 spiro atoms. The third-order valence-corrected chi connectivity index (χ3v) is 7.08. The smallest absolute Gasteiger partial charge is 0.257 e. The van der Waals surface area contributed by atoms with Crippen LogP contribution in [0.1, 0.15) is 40.3 Å². The minimum Gasteiger partial charge on any atom is -0.298 e. The molecule has 2 aromatic rings. The van der Waals surface area contributed by atoms with E-state index in [1.54, 1.807) is 26.8 Å². The molecule has 0 atom stereocenters. The monoisotopic (exact) mass is 381 g/mol. The van der Waals surface area contributed by atoms with Gasteiger partial charge in [-0.15, -0.1) is 11.3 Å². The van der Waals surface area contributed by atoms with Gasteiger partial charge in [-0.1, -0.05) is 19.9 Å². The third kappa shape index (κ3) is 4.08. The second-order valence-electron chi connectivity index (χ2n) is 5.68. The second-order valence-corrected chi connectivity index (χ2v) is 8.82. The number of hydrogen-bond acceptors (Lipinski definition) is 5. The van der Waals surface area contributed by atoms with Gasteiger partial charge in [0.05, 0.1) is 10.6 Å². The molecule has 0 saturated heterocycles. The highest BCUT2D eigenvalue weighted by Gasteiger charge is 2.23. The number of anilines is 1. The lowest BCUT2D eigenvalue weighted by Gasteiger charge is -2.19. The van der Waals surface area contributed by atoms with Crippen LogP contribution in [0.25, 0.3) is 0 Å². The molecule has 1 aromatic heterocycles. The Balaban J connectivity index is 2.37. The summed E-state index contributed by atoms with van der Waals surface area (Å²) in [6.45, 7) is 9.93. The predicted molar refractivity (Wildman–Crippen MR) is 101 cm³/mol. The fraction of sp³-hybridized carbons (Fsp3) is 0.412. The summed E-state index contributed by atoms with van der Waals surface area (Å²) in [5, 5.41) is 3.27. The quantitative estimate of drug-likeness (QED) is 0.832. The number of sulfonamides is 1. The van der Waals surface area contributed by atoms with E-state index in [-0.39, 0.29) is 10.8 Å². The van der Waals surface area contributed by atoms with E-state index >= 15 is 0 Å². The van der Waals surface area contributed by atoms with Gasteiger partial charge in [-0.2, -0.15) is 4.31 Å². The van der Waals surface area contributed by atoms with Crippen molar-refractivity contribution in [3.63, 3.8) is 0 Å². The molecule has 0 unspecified atom stereocenters. The van der Waals surface area contributed by atoms with Crippen molar-refractivity contribution >= 4 is 32.4 Å². The zero-order chi connectivity index (χ0) is 18.8. The van der Waals surface area contributed by atoms with Gasteiger partial charge in [0.25, 0.3) is 5.91 Å². The normalized spacial score (nSPS) is 11.8. The number of nitrogens with zero attached hydrogens (tertiary/aromatic N) is 2. The Morgan fingerprint density at radius 3 is 2.36 bits per heavy atom. The summed E-state index contributed by atoms with van der Waals surface area (Å²) in [5.74, 6) is -0.358. The Morgan fingerprint density at radius 2 is 1.84 bits per heavy atom. The zero-order valence-electron chi connectivity index (χ0n) is 15.1. The maximum atomic E-state index is 12.7. The molecule has 0 saturated carbocycles. The molecule has 6 nitrogen and oxygen atoms in total. The number of carbonyl (C=O) groups excluding carboxylic acids is 1. The van der Waals surface area contributed by atoms with Crippen molar-refractivity contribution in [2.75, 3.05) is 18.4 Å². The van der Waals surface area contributed by atoms with Crippen LogP contribution in [0.4, 0.5) is 5.13 Å². The standard InChI is InChI=1S/C17H23N3O3S2/c1-6-20(7-2)25(22,23)14-9-8-11(3)15(10-14)16(21)19-17-18-12(4)13(5)24-17/h8-10H,6-7H2,1-5H3,(H,18,19,21). The van der Waals surface area contributed by atoms with E-state index in [2.05, 4.69) is 10.3 Å². The fourth-order valence-electron chi connectivity index (χ4n) is 2.41. The third-order valence-electron chi connectivity index (χ3n) is 4.05. The van der Waals surface area contributed by atoms with Crippen molar-refractivity contribution in [3.8, 4) is 0 Å². The lowest BCUT2D eigenvalue weighted by atomic mass is 10.1. The highest BCUT2D eigenvalue weighted by atomic mass is 32.2. The Labute approximate surface area is 153 Å². The molecule has 2 rings (SSSR count). The number of benzene rings is 1. The minimum atomic E-state index is -3.61. The average Bonchev–Trinajstić information content (AvgIpc) is 2.86. The van der Waals surface area contributed by atoms with Gasteiger partial charge in [0.15, 0.2) is 5.13 Å². The van der Waals surface area contributed by atoms with Crippen LogP contribution in [-0.2, 0) is 10.0 Å². The minimum absolute atomic E-state index is 0.124. The molecule has 0 bridgehead atoms. The van der Waals surface area contributed by atoms with Crippen LogP contribution in [-0.4, -0.2) is 36.7 Å². The molecule has 8 heteroatoms. The van der Waals surface area contributed by atoms with Crippen molar-refractivity contribution in [2.45, 2.75) is 39.5 Å². The number of aromatic nitrogens is 1. The highest BCUT2D eigenvalue weighted by Crippen LogP contribution is 2.24. The van der Waals surface area contributed by atoms with E-state index in [9.17, 15) is 13.2 Å². The average molecular weight is 382 g/mol. The van der Waals surface area contributed by atoms with E-state index < -0.39 is 10.0 Å². The van der Waals surface area contributed by atoms with Crippen molar-refractivity contribution in [1.29, 1.82) is 0 Å². The summed E-state index contributed by atoms with van der Waals surface area (Å²) < 4.78 is 26.7. The van der Waals surface area contributed by atoms with Gasteiger partial charge < -0.3 is 0 Å². The fourth-order valence-corrected chi connectivity index (χ4v) is 4.70. The summed E-state index contributed by atoms with van der Waals surface area (Å²) >= 11 is 1.40. The SMILES string of the molecule is CCN(CC)S(=O)(=O)c1ccc(C)c(C(=O)Nc2nc(C)c(C)s2)c1. The van der Waals surface area contributed by atoms with Crippen molar-refractivity contribution in [2.24, 2.45) is 0 Å². The first-order chi connectivity index (χ1) is 11.7. The van der Waals surface area contributed by atoms with Gasteiger partial charge in [-0.05, 0) is 38.5 Å². The predicted octanol–water partition coefficient (Wildman–Crippen LogP) is 3.35. The zero-order valence-corrected chi connectivity index (χ0v) is 16.7. The van der Waals surface area contributed by atoms with Crippen molar-refractivity contribution in [1.82, 2.24) is 9.29 Å². The van der Waals surface area contributed by atoms with Crippen LogP contribution < -0.4 is 5.32 Å². The molecule has 0 aliphatic heterocycles. The van der Waals surface area contributed by atoms with Crippen LogP contribution in [0, 0.1) is 20.8 Å². The molecule has 1 heterocycles. The summed E-state index contributed by atoms with van der Waals surface area (Å²) in [5.41, 5.74) is 1.91. The molecule has 0 radical (unpaired) electrons. The Morgan fingerprint density at radius 1 is 1.20 bits per heavy atom. The van der Waals surface area contributed by atoms with Crippen molar-refractivity contribution < 1.29 is 13.2 Å². The lowest BCUT2D eigenvalue weighted by molar-refractivity contribution is 0.102. The van der Waals surface area contributed by atoms with Gasteiger partial charge in [-0.25, -0.2) is 13.4 Å². The second kappa shape index (κ2) is 7.63. The summed E-state index contributed by atoms with van der Waals surface area (Å²) in [6, 6.07) is 4.63. The van der Waals surface area contributed by atoms with E-state index in [1.807, 2.05) is 13.8 Å². The summed E-state index contributed by atoms with van der Waals surface area (Å²) in [4.78, 5) is 18.0. The first kappa shape index (κ1) is 19.6. The van der Waals surface area contributed by atoms with E-state index in [0.717, 1.165) is 10.6 Å². The van der Waals surface area contributed by atoms with E-state index in [4.69, 9.17) is 0 Å². The number of rotatable bonds is 6. The van der Waals surface area contributed by atoms with Gasteiger partial charge in [-0.3, -0.25) is 10.1 Å². The van der Waals surface area contributed by atoms with Crippen LogP contribution >= 0.6 is 11.3 Å². The van der Waals surface area contributed by atoms with Crippen molar-refractivity contribution in [3.05, 3.63) is 39.9 Å². The number of amides is 1. The Bertz CT molecular complexity index is 865. The Kier molecular flexibility index (Phi) is 5.97. The molecule has 1 N–H and O–H groups in total. The van der Waals surface area contributed by atoms with Crippen LogP contribution in [0.5, 0.6) is 0 Å². The topological polar surface area (TPSA) is 79.4 Å². The van der Waals surface area contributed by atoms with E-state index in [0.29, 0.717) is 29.3 Å². The molecule has 1 amide bonds. The first-order valence-electron chi connectivity index (χ1n) is 8.06. The number of hydrogen-bond donors (Lipinski definition) is 1. The maximum Gasteiger partial charge on any atom is 0.257 e. The molecule has 25 heavy (non-hydrogen) atoms. The Hall–Kier alpha value is -1.77. The van der Waals surface area contributed by atoms with Crippen LogP contribution in [0.3, 0.4) is 0 Å². The number of nitrogens with one attached hydrogen (secondary N) is 1. The van der Waals surface area contributed by atoms with Gasteiger partial charge in [0.2, 0.25) is 10.0 Å². The molecule has 0 fully saturated rings. The van der Waals surface area contributed by atoms with Gasteiger partial charge >= 0.3 is 0 Å². The maximum absolute atomic E-state index is 12.7. The van der Waals surface area contributed by atoms with Gasteiger partial charge in [0.1, 0.15) is 0 Å². The van der Waals surface area contributed by atoms with Crippen LogP contribution in [0.15, 0.2) is 23.1 Å². The van der Waals surface area contributed by atoms with Gasteiger partial charge in [0, 0.05) is 23.5 Å². The lowest BCUT2D eigenvalue weighted by Crippen LogP contribution is -2.30. The summed E-state index contributed by atoms with van der Waals surface area (Å²) in [6.07, 6.45) is 0. The van der Waals surface area contributed by atoms with E-state index in [1.165, 1.54) is 27.8 Å². The number of thiazole rings is 1. The molecule has 1 aromatic carbocycles. The molecular weight excluding hydrogens is 358 g/mol. The highest BCUT2D eigenvalue weighted by molar-refractivity contribution is 7.89. The molecule has 0 aliphatic carbocycles.